The number of rotatable bonds is 4. The van der Waals surface area contributed by atoms with E-state index in [4.69, 9.17) is 5.26 Å². The Morgan fingerprint density at radius 2 is 2.00 bits per heavy atom. The summed E-state index contributed by atoms with van der Waals surface area (Å²) in [5, 5.41) is 15.0. The van der Waals surface area contributed by atoms with Gasteiger partial charge in [-0.2, -0.15) is 5.26 Å². The molecule has 25 heavy (non-hydrogen) atoms. The molecule has 0 spiro atoms. The first kappa shape index (κ1) is 16.7. The third kappa shape index (κ3) is 4.24. The molecule has 0 radical (unpaired) electrons. The van der Waals surface area contributed by atoms with Crippen LogP contribution in [0.25, 0.3) is 0 Å². The first-order valence-electron chi connectivity index (χ1n) is 8.28. The zero-order chi connectivity index (χ0) is 17.6. The van der Waals surface area contributed by atoms with Crippen LogP contribution in [0.1, 0.15) is 35.6 Å². The van der Waals surface area contributed by atoms with Crippen molar-refractivity contribution in [3.63, 3.8) is 0 Å². The Hall–Kier alpha value is -3.13. The Balaban J connectivity index is 1.70. The predicted molar refractivity (Wildman–Crippen MR) is 93.4 cm³/mol. The van der Waals surface area contributed by atoms with Crippen LogP contribution >= 0.6 is 0 Å². The van der Waals surface area contributed by atoms with Crippen molar-refractivity contribution in [2.45, 2.75) is 31.3 Å². The monoisotopic (exact) mass is 333 g/mol. The molecular weight excluding hydrogens is 314 g/mol. The van der Waals surface area contributed by atoms with Crippen molar-refractivity contribution < 1.29 is 9.59 Å². The summed E-state index contributed by atoms with van der Waals surface area (Å²) in [6.07, 6.45) is 1.22. The number of nitriles is 1. The number of carbonyl (C=O) groups is 2. The van der Waals surface area contributed by atoms with Crippen molar-refractivity contribution in [2.75, 3.05) is 0 Å². The molecule has 0 aromatic heterocycles. The van der Waals surface area contributed by atoms with Gasteiger partial charge in [0.25, 0.3) is 0 Å². The summed E-state index contributed by atoms with van der Waals surface area (Å²) in [6, 6.07) is 18.4. The minimum Gasteiger partial charge on any atom is -0.351 e. The van der Waals surface area contributed by atoms with Gasteiger partial charge in [-0.25, -0.2) is 0 Å². The highest BCUT2D eigenvalue weighted by molar-refractivity contribution is 5.81. The molecule has 1 aliphatic heterocycles. The van der Waals surface area contributed by atoms with Crippen LogP contribution in [0.2, 0.25) is 0 Å². The number of hydrogen-bond donors (Lipinski definition) is 2. The first-order valence-corrected chi connectivity index (χ1v) is 8.28. The molecule has 2 amide bonds. The normalized spacial score (nSPS) is 19.6. The van der Waals surface area contributed by atoms with E-state index in [0.29, 0.717) is 18.4 Å². The Morgan fingerprint density at radius 3 is 2.76 bits per heavy atom. The van der Waals surface area contributed by atoms with E-state index < -0.39 is 0 Å². The summed E-state index contributed by atoms with van der Waals surface area (Å²) in [6.45, 7) is 0. The lowest BCUT2D eigenvalue weighted by Crippen LogP contribution is -2.50. The maximum absolute atomic E-state index is 12.4. The number of hydrogen-bond acceptors (Lipinski definition) is 3. The molecule has 0 unspecified atom stereocenters. The van der Waals surface area contributed by atoms with Crippen LogP contribution in [0.4, 0.5) is 0 Å². The van der Waals surface area contributed by atoms with Crippen LogP contribution in [0.3, 0.4) is 0 Å². The molecule has 1 heterocycles. The lowest BCUT2D eigenvalue weighted by molar-refractivity contribution is -0.126. The Bertz CT molecular complexity index is 811. The SMILES string of the molecule is N#Cc1cccc(CC(=O)N[C@@H]2CCC(=O)N[C@H]2c2ccccc2)c1. The third-order valence-electron chi connectivity index (χ3n) is 4.33. The summed E-state index contributed by atoms with van der Waals surface area (Å²) in [7, 11) is 0. The van der Waals surface area contributed by atoms with Gasteiger partial charge < -0.3 is 10.6 Å². The van der Waals surface area contributed by atoms with Gasteiger partial charge in [-0.1, -0.05) is 42.5 Å². The van der Waals surface area contributed by atoms with Crippen LogP contribution in [-0.4, -0.2) is 17.9 Å². The molecule has 2 N–H and O–H groups in total. The number of nitrogens with one attached hydrogen (secondary N) is 2. The standard InChI is InChI=1S/C20H19N3O2/c21-13-15-6-4-5-14(11-15)12-19(25)22-17-9-10-18(24)23-20(17)16-7-2-1-3-8-16/h1-8,11,17,20H,9-10,12H2,(H,22,25)(H,23,24)/t17-,20+/m1/s1. The minimum absolute atomic E-state index is 0.000994. The summed E-state index contributed by atoms with van der Waals surface area (Å²) >= 11 is 0. The van der Waals surface area contributed by atoms with Crippen molar-refractivity contribution in [3.8, 4) is 6.07 Å². The molecule has 0 bridgehead atoms. The van der Waals surface area contributed by atoms with Crippen LogP contribution in [-0.2, 0) is 16.0 Å². The van der Waals surface area contributed by atoms with Crippen molar-refractivity contribution in [2.24, 2.45) is 0 Å². The number of benzene rings is 2. The number of carbonyl (C=O) groups excluding carboxylic acids is 2. The number of nitrogens with zero attached hydrogens (tertiary/aromatic N) is 1. The van der Waals surface area contributed by atoms with Crippen molar-refractivity contribution >= 4 is 11.8 Å². The van der Waals surface area contributed by atoms with Crippen molar-refractivity contribution in [3.05, 3.63) is 71.3 Å². The lowest BCUT2D eigenvalue weighted by atomic mass is 9.91. The summed E-state index contributed by atoms with van der Waals surface area (Å²) < 4.78 is 0. The minimum atomic E-state index is -0.225. The van der Waals surface area contributed by atoms with Gasteiger partial charge in [0.1, 0.15) is 0 Å². The van der Waals surface area contributed by atoms with Gasteiger partial charge in [-0.05, 0) is 29.7 Å². The molecule has 126 valence electrons. The maximum atomic E-state index is 12.4. The second-order valence-electron chi connectivity index (χ2n) is 6.16. The number of amides is 2. The highest BCUT2D eigenvalue weighted by atomic mass is 16.2. The topological polar surface area (TPSA) is 82.0 Å². The van der Waals surface area contributed by atoms with E-state index in [1.54, 1.807) is 18.2 Å². The Morgan fingerprint density at radius 1 is 1.20 bits per heavy atom. The molecule has 2 atom stereocenters. The zero-order valence-electron chi connectivity index (χ0n) is 13.7. The zero-order valence-corrected chi connectivity index (χ0v) is 13.7. The molecule has 0 aliphatic carbocycles. The molecule has 1 saturated heterocycles. The molecule has 3 rings (SSSR count). The highest BCUT2D eigenvalue weighted by Crippen LogP contribution is 2.24. The van der Waals surface area contributed by atoms with Gasteiger partial charge in [0.05, 0.1) is 30.1 Å². The smallest absolute Gasteiger partial charge is 0.224 e. The van der Waals surface area contributed by atoms with Gasteiger partial charge in [0.2, 0.25) is 11.8 Å². The average molecular weight is 333 g/mol. The van der Waals surface area contributed by atoms with Gasteiger partial charge in [-0.15, -0.1) is 0 Å². The second kappa shape index (κ2) is 7.63. The quantitative estimate of drug-likeness (QED) is 0.900. The molecule has 5 heteroatoms. The molecule has 2 aromatic rings. The largest absolute Gasteiger partial charge is 0.351 e. The van der Waals surface area contributed by atoms with E-state index in [1.165, 1.54) is 0 Å². The van der Waals surface area contributed by atoms with Crippen molar-refractivity contribution in [1.82, 2.24) is 10.6 Å². The average Bonchev–Trinajstić information content (AvgIpc) is 2.64. The van der Waals surface area contributed by atoms with E-state index in [9.17, 15) is 9.59 Å². The number of piperidine rings is 1. The molecule has 0 saturated carbocycles. The fraction of sp³-hybridized carbons (Fsp3) is 0.250. The van der Waals surface area contributed by atoms with Gasteiger partial charge in [0, 0.05) is 6.42 Å². The van der Waals surface area contributed by atoms with E-state index in [2.05, 4.69) is 16.7 Å². The van der Waals surface area contributed by atoms with Crippen molar-refractivity contribution in [1.29, 1.82) is 5.26 Å². The summed E-state index contributed by atoms with van der Waals surface area (Å²) in [5.41, 5.74) is 2.32. The molecule has 5 nitrogen and oxygen atoms in total. The van der Waals surface area contributed by atoms with Gasteiger partial charge in [0.15, 0.2) is 0 Å². The van der Waals surface area contributed by atoms with E-state index in [0.717, 1.165) is 11.1 Å². The fourth-order valence-corrected chi connectivity index (χ4v) is 3.13. The lowest BCUT2D eigenvalue weighted by Gasteiger charge is -2.33. The van der Waals surface area contributed by atoms with Crippen LogP contribution in [0, 0.1) is 11.3 Å². The third-order valence-corrected chi connectivity index (χ3v) is 4.33. The molecule has 2 aromatic carbocycles. The van der Waals surface area contributed by atoms with E-state index in [-0.39, 0.29) is 30.3 Å². The highest BCUT2D eigenvalue weighted by Gasteiger charge is 2.30. The molecular formula is C20H19N3O2. The van der Waals surface area contributed by atoms with Crippen LogP contribution in [0.15, 0.2) is 54.6 Å². The Kier molecular flexibility index (Phi) is 5.10. The maximum Gasteiger partial charge on any atom is 0.224 e. The fourth-order valence-electron chi connectivity index (χ4n) is 3.13. The molecule has 1 aliphatic rings. The predicted octanol–water partition coefficient (Wildman–Crippen LogP) is 2.24. The summed E-state index contributed by atoms with van der Waals surface area (Å²) in [4.78, 5) is 24.2. The molecule has 1 fully saturated rings. The first-order chi connectivity index (χ1) is 12.2. The van der Waals surface area contributed by atoms with Gasteiger partial charge >= 0.3 is 0 Å². The Labute approximate surface area is 146 Å². The van der Waals surface area contributed by atoms with E-state index >= 15 is 0 Å². The van der Waals surface area contributed by atoms with Crippen LogP contribution < -0.4 is 10.6 Å². The van der Waals surface area contributed by atoms with Gasteiger partial charge in [-0.3, -0.25) is 9.59 Å². The second-order valence-corrected chi connectivity index (χ2v) is 6.16. The van der Waals surface area contributed by atoms with Crippen LogP contribution in [0.5, 0.6) is 0 Å². The summed E-state index contributed by atoms with van der Waals surface area (Å²) in [5.74, 6) is -0.113. The van der Waals surface area contributed by atoms with E-state index in [1.807, 2.05) is 36.4 Å².